The van der Waals surface area contributed by atoms with Gasteiger partial charge in [-0.2, -0.15) is 0 Å². The lowest BCUT2D eigenvalue weighted by Crippen LogP contribution is -2.34. The van der Waals surface area contributed by atoms with Crippen LogP contribution in [0.4, 0.5) is 0 Å². The maximum Gasteiger partial charge on any atom is 0.259 e. The highest BCUT2D eigenvalue weighted by Gasteiger charge is 2.20. The predicted octanol–water partition coefficient (Wildman–Crippen LogP) is 2.08. The molecule has 0 fully saturated rings. The van der Waals surface area contributed by atoms with Crippen LogP contribution < -0.4 is 4.72 Å². The molecular weight excluding hydrogens is 302 g/mol. The summed E-state index contributed by atoms with van der Waals surface area (Å²) in [5, 5.41) is 1.03. The normalized spacial score (nSPS) is 13.5. The third-order valence-electron chi connectivity index (χ3n) is 3.30. The largest absolute Gasteiger partial charge is 0.461 e. The second-order valence-electron chi connectivity index (χ2n) is 5.35. The minimum atomic E-state index is -3.61. The van der Waals surface area contributed by atoms with E-state index in [-0.39, 0.29) is 11.1 Å². The van der Waals surface area contributed by atoms with Crippen LogP contribution in [0.2, 0.25) is 0 Å². The number of aromatic nitrogens is 2. The standard InChI is InChI=1S/C15H17N3O3S/c1-11(17-22(19,20)15-9-18(2)10-16-15)7-13-8-12-5-3-4-6-14(12)21-13/h3-6,8-11,17H,7H2,1-2H3/t11-/m1/s1. The summed E-state index contributed by atoms with van der Waals surface area (Å²) in [7, 11) is -1.89. The van der Waals surface area contributed by atoms with Crippen molar-refractivity contribution in [2.75, 3.05) is 0 Å². The minimum Gasteiger partial charge on any atom is -0.461 e. The molecule has 1 N–H and O–H groups in total. The number of nitrogens with zero attached hydrogens (tertiary/aromatic N) is 2. The van der Waals surface area contributed by atoms with Crippen molar-refractivity contribution in [2.24, 2.45) is 7.05 Å². The molecule has 0 saturated heterocycles. The van der Waals surface area contributed by atoms with Gasteiger partial charge < -0.3 is 8.98 Å². The molecule has 0 spiro atoms. The van der Waals surface area contributed by atoms with Gasteiger partial charge in [-0.05, 0) is 19.1 Å². The van der Waals surface area contributed by atoms with E-state index >= 15 is 0 Å². The van der Waals surface area contributed by atoms with E-state index in [1.54, 1.807) is 18.5 Å². The van der Waals surface area contributed by atoms with Crippen LogP contribution in [0.15, 0.2) is 52.3 Å². The number of sulfonamides is 1. The molecule has 0 amide bonds. The number of hydrogen-bond donors (Lipinski definition) is 1. The fraction of sp³-hybridized carbons (Fsp3) is 0.267. The summed E-state index contributed by atoms with van der Waals surface area (Å²) in [5.74, 6) is 0.748. The van der Waals surface area contributed by atoms with Crippen LogP contribution in [-0.2, 0) is 23.5 Å². The molecule has 1 atom stereocenters. The Balaban J connectivity index is 1.73. The van der Waals surface area contributed by atoms with Crippen LogP contribution in [0.25, 0.3) is 11.0 Å². The van der Waals surface area contributed by atoms with Crippen LogP contribution in [-0.4, -0.2) is 24.0 Å². The maximum absolute atomic E-state index is 12.2. The van der Waals surface area contributed by atoms with Gasteiger partial charge in [0, 0.05) is 31.1 Å². The van der Waals surface area contributed by atoms with Crippen LogP contribution in [0.5, 0.6) is 0 Å². The van der Waals surface area contributed by atoms with E-state index < -0.39 is 10.0 Å². The van der Waals surface area contributed by atoms with Crippen molar-refractivity contribution in [2.45, 2.75) is 24.4 Å². The van der Waals surface area contributed by atoms with Crippen LogP contribution >= 0.6 is 0 Å². The zero-order chi connectivity index (χ0) is 15.7. The van der Waals surface area contributed by atoms with Gasteiger partial charge in [0.2, 0.25) is 0 Å². The first kappa shape index (κ1) is 14.8. The first-order valence-corrected chi connectivity index (χ1v) is 8.40. The van der Waals surface area contributed by atoms with Crippen molar-refractivity contribution >= 4 is 21.0 Å². The Hall–Kier alpha value is -2.12. The van der Waals surface area contributed by atoms with Crippen molar-refractivity contribution in [3.05, 3.63) is 48.6 Å². The number of fused-ring (bicyclic) bond motifs is 1. The van der Waals surface area contributed by atoms with Gasteiger partial charge in [-0.1, -0.05) is 18.2 Å². The zero-order valence-corrected chi connectivity index (χ0v) is 13.2. The quantitative estimate of drug-likeness (QED) is 0.781. The molecule has 3 aromatic rings. The third kappa shape index (κ3) is 3.05. The average molecular weight is 319 g/mol. The van der Waals surface area contributed by atoms with Gasteiger partial charge in [-0.3, -0.25) is 0 Å². The topological polar surface area (TPSA) is 77.1 Å². The summed E-state index contributed by atoms with van der Waals surface area (Å²) in [4.78, 5) is 3.87. The monoisotopic (exact) mass is 319 g/mol. The Morgan fingerprint density at radius 1 is 1.36 bits per heavy atom. The second-order valence-corrected chi connectivity index (χ2v) is 7.02. The molecular formula is C15H17N3O3S. The first-order valence-electron chi connectivity index (χ1n) is 6.92. The van der Waals surface area contributed by atoms with Gasteiger partial charge in [0.05, 0.1) is 6.33 Å². The summed E-state index contributed by atoms with van der Waals surface area (Å²) in [6, 6.07) is 9.33. The Morgan fingerprint density at radius 2 is 2.14 bits per heavy atom. The predicted molar refractivity (Wildman–Crippen MR) is 82.9 cm³/mol. The van der Waals surface area contributed by atoms with Gasteiger partial charge in [0.25, 0.3) is 10.0 Å². The number of hydrogen-bond acceptors (Lipinski definition) is 4. The first-order chi connectivity index (χ1) is 10.4. The molecule has 0 radical (unpaired) electrons. The highest BCUT2D eigenvalue weighted by atomic mass is 32.2. The SMILES string of the molecule is C[C@H](Cc1cc2ccccc2o1)NS(=O)(=O)c1cn(C)cn1. The lowest BCUT2D eigenvalue weighted by molar-refractivity contribution is 0.503. The Kier molecular flexibility index (Phi) is 3.76. The highest BCUT2D eigenvalue weighted by molar-refractivity contribution is 7.89. The fourth-order valence-electron chi connectivity index (χ4n) is 2.33. The molecule has 2 aromatic heterocycles. The molecule has 1 aromatic carbocycles. The zero-order valence-electron chi connectivity index (χ0n) is 12.4. The minimum absolute atomic E-state index is 0.0199. The fourth-order valence-corrected chi connectivity index (χ4v) is 3.56. The van der Waals surface area contributed by atoms with Crippen molar-refractivity contribution in [1.29, 1.82) is 0 Å². The van der Waals surface area contributed by atoms with Gasteiger partial charge in [0.1, 0.15) is 11.3 Å². The molecule has 3 rings (SSSR count). The van der Waals surface area contributed by atoms with Gasteiger partial charge in [-0.25, -0.2) is 18.1 Å². The molecule has 0 saturated carbocycles. The number of benzene rings is 1. The van der Waals surface area contributed by atoms with Gasteiger partial charge in [0.15, 0.2) is 5.03 Å². The average Bonchev–Trinajstić information content (AvgIpc) is 3.03. The number of para-hydroxylation sites is 1. The smallest absolute Gasteiger partial charge is 0.259 e. The van der Waals surface area contributed by atoms with E-state index in [1.165, 1.54) is 12.5 Å². The molecule has 116 valence electrons. The summed E-state index contributed by atoms with van der Waals surface area (Å²) >= 11 is 0. The van der Waals surface area contributed by atoms with Crippen LogP contribution in [0, 0.1) is 0 Å². The lowest BCUT2D eigenvalue weighted by Gasteiger charge is -2.11. The van der Waals surface area contributed by atoms with E-state index in [4.69, 9.17) is 4.42 Å². The molecule has 0 aliphatic rings. The third-order valence-corrected chi connectivity index (χ3v) is 4.77. The van der Waals surface area contributed by atoms with Crippen molar-refractivity contribution in [1.82, 2.24) is 14.3 Å². The Morgan fingerprint density at radius 3 is 2.82 bits per heavy atom. The van der Waals surface area contributed by atoms with E-state index in [2.05, 4.69) is 9.71 Å². The van der Waals surface area contributed by atoms with Crippen LogP contribution in [0.3, 0.4) is 0 Å². The molecule has 7 heteroatoms. The Labute approximate surface area is 128 Å². The molecule has 0 aliphatic heterocycles. The summed E-state index contributed by atoms with van der Waals surface area (Å²) in [6.45, 7) is 1.80. The molecule has 2 heterocycles. The molecule has 22 heavy (non-hydrogen) atoms. The van der Waals surface area contributed by atoms with E-state index in [0.29, 0.717) is 6.42 Å². The number of aryl methyl sites for hydroxylation is 1. The molecule has 6 nitrogen and oxygen atoms in total. The maximum atomic E-state index is 12.2. The Bertz CT molecular complexity index is 863. The molecule has 0 bridgehead atoms. The summed E-state index contributed by atoms with van der Waals surface area (Å²) < 4.78 is 34.3. The second kappa shape index (κ2) is 5.58. The van der Waals surface area contributed by atoms with Crippen molar-refractivity contribution < 1.29 is 12.8 Å². The van der Waals surface area contributed by atoms with Crippen molar-refractivity contribution in [3.8, 4) is 0 Å². The summed E-state index contributed by atoms with van der Waals surface area (Å²) in [6.07, 6.45) is 3.40. The summed E-state index contributed by atoms with van der Waals surface area (Å²) in [5.41, 5.74) is 0.803. The van der Waals surface area contributed by atoms with Crippen LogP contribution in [0.1, 0.15) is 12.7 Å². The van der Waals surface area contributed by atoms with E-state index in [0.717, 1.165) is 16.7 Å². The highest BCUT2D eigenvalue weighted by Crippen LogP contribution is 2.20. The van der Waals surface area contributed by atoms with E-state index in [9.17, 15) is 8.42 Å². The van der Waals surface area contributed by atoms with E-state index in [1.807, 2.05) is 30.3 Å². The number of imidazole rings is 1. The number of furan rings is 1. The molecule has 0 unspecified atom stereocenters. The number of nitrogens with one attached hydrogen (secondary N) is 1. The lowest BCUT2D eigenvalue weighted by atomic mass is 10.2. The van der Waals surface area contributed by atoms with Gasteiger partial charge in [-0.15, -0.1) is 0 Å². The number of rotatable bonds is 5. The van der Waals surface area contributed by atoms with Gasteiger partial charge >= 0.3 is 0 Å². The molecule has 0 aliphatic carbocycles. The van der Waals surface area contributed by atoms with Crippen molar-refractivity contribution in [3.63, 3.8) is 0 Å².